The van der Waals surface area contributed by atoms with Crippen LogP contribution in [0.1, 0.15) is 24.5 Å². The third-order valence-electron chi connectivity index (χ3n) is 4.27. The van der Waals surface area contributed by atoms with Crippen LogP contribution in [-0.4, -0.2) is 36.4 Å². The van der Waals surface area contributed by atoms with Crippen molar-refractivity contribution in [2.45, 2.75) is 26.7 Å². The van der Waals surface area contributed by atoms with E-state index in [9.17, 15) is 0 Å². The number of benzene rings is 1. The Balaban J connectivity index is 1.87. The van der Waals surface area contributed by atoms with Crippen molar-refractivity contribution < 1.29 is 0 Å². The zero-order chi connectivity index (χ0) is 14.7. The monoisotopic (exact) mass is 284 g/mol. The number of nitrogens with one attached hydrogen (secondary N) is 2. The predicted molar refractivity (Wildman–Crippen MR) is 87.8 cm³/mol. The first-order valence-corrected chi connectivity index (χ1v) is 7.89. The average Bonchev–Trinajstić information content (AvgIpc) is 2.74. The molecule has 1 aromatic carbocycles. The Hall–Kier alpha value is -1.81. The Morgan fingerprint density at radius 2 is 1.95 bits per heavy atom. The maximum Gasteiger partial charge on any atom is 0.153 e. The molecule has 1 aliphatic rings. The molecule has 2 aromatic rings. The first kappa shape index (κ1) is 14.1. The number of hydrogen-bond donors (Lipinski definition) is 2. The van der Waals surface area contributed by atoms with Gasteiger partial charge in [-0.15, -0.1) is 0 Å². The maximum atomic E-state index is 4.57. The van der Waals surface area contributed by atoms with Gasteiger partial charge in [0.1, 0.15) is 0 Å². The molecule has 4 nitrogen and oxygen atoms in total. The first-order chi connectivity index (χ1) is 10.3. The highest BCUT2D eigenvalue weighted by atomic mass is 15.3. The van der Waals surface area contributed by atoms with Crippen LogP contribution in [0, 0.1) is 6.92 Å². The van der Waals surface area contributed by atoms with Crippen molar-refractivity contribution in [2.24, 2.45) is 0 Å². The summed E-state index contributed by atoms with van der Waals surface area (Å²) < 4.78 is 0. The largest absolute Gasteiger partial charge is 0.354 e. The van der Waals surface area contributed by atoms with E-state index in [2.05, 4.69) is 58.5 Å². The minimum absolute atomic E-state index is 1.03. The van der Waals surface area contributed by atoms with Crippen molar-refractivity contribution in [3.8, 4) is 11.3 Å². The van der Waals surface area contributed by atoms with Gasteiger partial charge in [0.2, 0.25) is 0 Å². The molecule has 1 aromatic heterocycles. The van der Waals surface area contributed by atoms with Crippen LogP contribution in [0.5, 0.6) is 0 Å². The minimum Gasteiger partial charge on any atom is -0.354 e. The normalized spacial score (nSPS) is 16.0. The van der Waals surface area contributed by atoms with Gasteiger partial charge in [-0.1, -0.05) is 31.2 Å². The Morgan fingerprint density at radius 3 is 2.71 bits per heavy atom. The number of aryl methyl sites for hydroxylation is 1. The van der Waals surface area contributed by atoms with Gasteiger partial charge in [0, 0.05) is 25.2 Å². The minimum atomic E-state index is 1.03. The van der Waals surface area contributed by atoms with Crippen LogP contribution in [0.4, 0.5) is 5.82 Å². The quantitative estimate of drug-likeness (QED) is 0.911. The molecule has 3 rings (SSSR count). The number of aromatic nitrogens is 2. The lowest BCUT2D eigenvalue weighted by Crippen LogP contribution is -2.28. The molecule has 1 aliphatic heterocycles. The van der Waals surface area contributed by atoms with Gasteiger partial charge in [-0.2, -0.15) is 5.10 Å². The lowest BCUT2D eigenvalue weighted by molar-refractivity contribution is 0.724. The molecule has 0 aliphatic carbocycles. The van der Waals surface area contributed by atoms with E-state index in [1.807, 2.05) is 0 Å². The van der Waals surface area contributed by atoms with Crippen LogP contribution in [-0.2, 0) is 6.42 Å². The number of aromatic amines is 1. The molecule has 112 valence electrons. The third kappa shape index (κ3) is 2.95. The van der Waals surface area contributed by atoms with Crippen molar-refractivity contribution in [2.75, 3.05) is 31.1 Å². The molecule has 0 radical (unpaired) electrons. The maximum absolute atomic E-state index is 4.57. The molecule has 0 spiro atoms. The van der Waals surface area contributed by atoms with E-state index in [0.29, 0.717) is 0 Å². The van der Waals surface area contributed by atoms with Crippen LogP contribution in [0.15, 0.2) is 24.3 Å². The van der Waals surface area contributed by atoms with Crippen molar-refractivity contribution in [3.05, 3.63) is 35.4 Å². The number of rotatable bonds is 3. The van der Waals surface area contributed by atoms with Crippen LogP contribution in [0.2, 0.25) is 0 Å². The van der Waals surface area contributed by atoms with Crippen LogP contribution >= 0.6 is 0 Å². The number of nitrogens with zero attached hydrogens (tertiary/aromatic N) is 2. The molecule has 4 heteroatoms. The summed E-state index contributed by atoms with van der Waals surface area (Å²) in [6.45, 7) is 8.59. The van der Waals surface area contributed by atoms with Gasteiger partial charge in [-0.05, 0) is 37.4 Å². The summed E-state index contributed by atoms with van der Waals surface area (Å²) >= 11 is 0. The molecule has 0 bridgehead atoms. The summed E-state index contributed by atoms with van der Waals surface area (Å²) in [5.41, 5.74) is 4.98. The highest BCUT2D eigenvalue weighted by Crippen LogP contribution is 2.28. The fourth-order valence-corrected chi connectivity index (χ4v) is 2.94. The average molecular weight is 284 g/mol. The summed E-state index contributed by atoms with van der Waals surface area (Å²) in [6.07, 6.45) is 2.25. The molecule has 0 atom stereocenters. The van der Waals surface area contributed by atoms with Gasteiger partial charge in [-0.3, -0.25) is 5.10 Å². The Kier molecular flexibility index (Phi) is 4.25. The van der Waals surface area contributed by atoms with Crippen LogP contribution in [0.25, 0.3) is 11.3 Å². The molecule has 21 heavy (non-hydrogen) atoms. The van der Waals surface area contributed by atoms with E-state index in [1.54, 1.807) is 0 Å². The van der Waals surface area contributed by atoms with Gasteiger partial charge in [0.25, 0.3) is 0 Å². The van der Waals surface area contributed by atoms with E-state index in [0.717, 1.165) is 44.1 Å². The Labute approximate surface area is 126 Å². The van der Waals surface area contributed by atoms with Crippen molar-refractivity contribution in [3.63, 3.8) is 0 Å². The third-order valence-corrected chi connectivity index (χ3v) is 4.27. The van der Waals surface area contributed by atoms with E-state index in [4.69, 9.17) is 0 Å². The van der Waals surface area contributed by atoms with Crippen molar-refractivity contribution in [1.29, 1.82) is 0 Å². The fraction of sp³-hybridized carbons (Fsp3) is 0.471. The Morgan fingerprint density at radius 1 is 1.14 bits per heavy atom. The van der Waals surface area contributed by atoms with Crippen LogP contribution in [0.3, 0.4) is 0 Å². The molecular weight excluding hydrogens is 260 g/mol. The molecule has 2 heterocycles. The number of H-pyrrole nitrogens is 1. The highest BCUT2D eigenvalue weighted by Gasteiger charge is 2.17. The Bertz CT molecular complexity index is 577. The molecule has 1 saturated heterocycles. The van der Waals surface area contributed by atoms with Crippen LogP contribution < -0.4 is 10.2 Å². The van der Waals surface area contributed by atoms with Crippen molar-refractivity contribution in [1.82, 2.24) is 15.5 Å². The zero-order valence-corrected chi connectivity index (χ0v) is 12.9. The second kappa shape index (κ2) is 6.31. The molecular formula is C17H24N4. The lowest BCUT2D eigenvalue weighted by Gasteiger charge is -2.20. The molecule has 0 saturated carbocycles. The first-order valence-electron chi connectivity index (χ1n) is 7.89. The van der Waals surface area contributed by atoms with Gasteiger partial charge >= 0.3 is 0 Å². The molecule has 1 fully saturated rings. The van der Waals surface area contributed by atoms with E-state index >= 15 is 0 Å². The van der Waals surface area contributed by atoms with E-state index < -0.39 is 0 Å². The van der Waals surface area contributed by atoms with E-state index in [-0.39, 0.29) is 0 Å². The topological polar surface area (TPSA) is 44.0 Å². The summed E-state index contributed by atoms with van der Waals surface area (Å²) in [5.74, 6) is 1.10. The van der Waals surface area contributed by atoms with Crippen molar-refractivity contribution >= 4 is 5.82 Å². The molecule has 0 unspecified atom stereocenters. The van der Waals surface area contributed by atoms with Gasteiger partial charge in [0.15, 0.2) is 5.82 Å². The highest BCUT2D eigenvalue weighted by molar-refractivity contribution is 5.69. The zero-order valence-electron chi connectivity index (χ0n) is 12.9. The molecule has 2 N–H and O–H groups in total. The summed E-state index contributed by atoms with van der Waals surface area (Å²) in [5, 5.41) is 11.2. The summed E-state index contributed by atoms with van der Waals surface area (Å²) in [4.78, 5) is 2.38. The summed E-state index contributed by atoms with van der Waals surface area (Å²) in [7, 11) is 0. The number of anilines is 1. The van der Waals surface area contributed by atoms with Gasteiger partial charge in [0.05, 0.1) is 5.69 Å². The molecule has 0 amide bonds. The predicted octanol–water partition coefficient (Wildman–Crippen LogP) is 2.75. The SMILES string of the molecule is CCc1ccc(-c2[nH]nc(N3CCCNCC3)c2C)cc1. The van der Waals surface area contributed by atoms with Gasteiger partial charge in [-0.25, -0.2) is 0 Å². The smallest absolute Gasteiger partial charge is 0.153 e. The second-order valence-corrected chi connectivity index (χ2v) is 5.69. The van der Waals surface area contributed by atoms with Gasteiger partial charge < -0.3 is 10.2 Å². The lowest BCUT2D eigenvalue weighted by atomic mass is 10.1. The summed E-state index contributed by atoms with van der Waals surface area (Å²) in [6, 6.07) is 8.77. The fourth-order valence-electron chi connectivity index (χ4n) is 2.94. The number of hydrogen-bond acceptors (Lipinski definition) is 3. The van der Waals surface area contributed by atoms with E-state index in [1.165, 1.54) is 23.1 Å². The second-order valence-electron chi connectivity index (χ2n) is 5.69. The standard InChI is InChI=1S/C17H24N4/c1-3-14-5-7-15(8-6-14)16-13(2)17(20-19-16)21-11-4-9-18-10-12-21/h5-8,18H,3-4,9-12H2,1-2H3,(H,19,20).